The van der Waals surface area contributed by atoms with Gasteiger partial charge in [0, 0.05) is 12.1 Å². The summed E-state index contributed by atoms with van der Waals surface area (Å²) in [4.78, 5) is 0. The maximum absolute atomic E-state index is 12.8. The molecule has 0 atom stereocenters. The Bertz CT molecular complexity index is 478. The van der Waals surface area contributed by atoms with E-state index in [0.717, 1.165) is 23.8 Å². The van der Waals surface area contributed by atoms with Gasteiger partial charge in [-0.2, -0.15) is 0 Å². The number of benzene rings is 1. The Labute approximate surface area is 101 Å². The van der Waals surface area contributed by atoms with Crippen LogP contribution >= 0.6 is 15.9 Å². The van der Waals surface area contributed by atoms with Crippen LogP contribution in [0, 0.1) is 5.82 Å². The first-order valence-electron chi connectivity index (χ1n) is 5.00. The Hall–Kier alpha value is -1.23. The van der Waals surface area contributed by atoms with Crippen molar-refractivity contribution in [2.45, 2.75) is 18.8 Å². The zero-order chi connectivity index (χ0) is 11.5. The Kier molecular flexibility index (Phi) is 3.33. The third kappa shape index (κ3) is 2.00. The summed E-state index contributed by atoms with van der Waals surface area (Å²) in [7, 11) is 0. The first-order valence-corrected chi connectivity index (χ1v) is 6.12. The number of halogens is 2. The van der Waals surface area contributed by atoms with E-state index in [4.69, 9.17) is 0 Å². The van der Waals surface area contributed by atoms with Gasteiger partial charge in [0.15, 0.2) is 5.82 Å². The summed E-state index contributed by atoms with van der Waals surface area (Å²) in [5.41, 5.74) is 0.878. The van der Waals surface area contributed by atoms with E-state index in [-0.39, 0.29) is 5.82 Å². The number of rotatable bonds is 3. The fraction of sp³-hybridized carbons (Fsp3) is 0.273. The van der Waals surface area contributed by atoms with Crippen LogP contribution in [-0.2, 0) is 11.9 Å². The molecule has 0 N–H and O–H groups in total. The standard InChI is InChI=1S/C11H11BrFN3/c1-2-16-10(7-12)14-15-11(16)8-3-5-9(13)6-4-8/h3-6H,2,7H2,1H3. The second kappa shape index (κ2) is 4.74. The van der Waals surface area contributed by atoms with E-state index in [1.54, 1.807) is 12.1 Å². The van der Waals surface area contributed by atoms with Crippen LogP contribution in [0.4, 0.5) is 4.39 Å². The fourth-order valence-corrected chi connectivity index (χ4v) is 1.99. The van der Waals surface area contributed by atoms with Crippen molar-refractivity contribution < 1.29 is 4.39 Å². The van der Waals surface area contributed by atoms with Gasteiger partial charge in [0.05, 0.1) is 5.33 Å². The highest BCUT2D eigenvalue weighted by atomic mass is 79.9. The van der Waals surface area contributed by atoms with Crippen molar-refractivity contribution in [3.63, 3.8) is 0 Å². The third-order valence-corrected chi connectivity index (χ3v) is 2.87. The van der Waals surface area contributed by atoms with Crippen LogP contribution in [0.25, 0.3) is 11.4 Å². The highest BCUT2D eigenvalue weighted by Crippen LogP contribution is 2.19. The molecular weight excluding hydrogens is 273 g/mol. The third-order valence-electron chi connectivity index (χ3n) is 2.37. The maximum Gasteiger partial charge on any atom is 0.163 e. The molecule has 0 amide bonds. The zero-order valence-electron chi connectivity index (χ0n) is 8.82. The Morgan fingerprint density at radius 1 is 1.25 bits per heavy atom. The average Bonchev–Trinajstić information content (AvgIpc) is 2.72. The SMILES string of the molecule is CCn1c(CBr)nnc1-c1ccc(F)cc1. The molecule has 0 radical (unpaired) electrons. The minimum Gasteiger partial charge on any atom is -0.311 e. The largest absolute Gasteiger partial charge is 0.311 e. The molecule has 0 aliphatic carbocycles. The van der Waals surface area contributed by atoms with E-state index in [1.807, 2.05) is 11.5 Å². The van der Waals surface area contributed by atoms with E-state index in [1.165, 1.54) is 12.1 Å². The summed E-state index contributed by atoms with van der Waals surface area (Å²) >= 11 is 3.36. The monoisotopic (exact) mass is 283 g/mol. The van der Waals surface area contributed by atoms with Crippen LogP contribution in [0.15, 0.2) is 24.3 Å². The van der Waals surface area contributed by atoms with Crippen molar-refractivity contribution in [2.75, 3.05) is 0 Å². The molecule has 1 aromatic heterocycles. The van der Waals surface area contributed by atoms with Gasteiger partial charge in [-0.1, -0.05) is 15.9 Å². The minimum absolute atomic E-state index is 0.243. The van der Waals surface area contributed by atoms with Crippen LogP contribution < -0.4 is 0 Å². The minimum atomic E-state index is -0.243. The van der Waals surface area contributed by atoms with Crippen LogP contribution in [0.2, 0.25) is 0 Å². The molecule has 16 heavy (non-hydrogen) atoms. The molecule has 0 unspecified atom stereocenters. The van der Waals surface area contributed by atoms with Gasteiger partial charge in [0.1, 0.15) is 11.6 Å². The molecule has 1 aromatic carbocycles. The molecule has 1 heterocycles. The van der Waals surface area contributed by atoms with E-state index < -0.39 is 0 Å². The number of nitrogens with zero attached hydrogens (tertiary/aromatic N) is 3. The van der Waals surface area contributed by atoms with Crippen LogP contribution in [0.3, 0.4) is 0 Å². The molecule has 0 bridgehead atoms. The quantitative estimate of drug-likeness (QED) is 0.811. The first kappa shape index (κ1) is 11.3. The van der Waals surface area contributed by atoms with E-state index in [0.29, 0.717) is 5.33 Å². The Morgan fingerprint density at radius 3 is 2.50 bits per heavy atom. The predicted molar refractivity (Wildman–Crippen MR) is 63.7 cm³/mol. The highest BCUT2D eigenvalue weighted by molar-refractivity contribution is 9.08. The molecule has 3 nitrogen and oxygen atoms in total. The van der Waals surface area contributed by atoms with Gasteiger partial charge in [-0.3, -0.25) is 0 Å². The van der Waals surface area contributed by atoms with E-state index in [2.05, 4.69) is 26.1 Å². The van der Waals surface area contributed by atoms with Gasteiger partial charge < -0.3 is 4.57 Å². The highest BCUT2D eigenvalue weighted by Gasteiger charge is 2.11. The van der Waals surface area contributed by atoms with Gasteiger partial charge in [0.25, 0.3) is 0 Å². The molecule has 2 rings (SSSR count). The second-order valence-electron chi connectivity index (χ2n) is 3.32. The molecule has 84 valence electrons. The van der Waals surface area contributed by atoms with Crippen molar-refractivity contribution in [3.8, 4) is 11.4 Å². The number of aromatic nitrogens is 3. The number of hydrogen-bond donors (Lipinski definition) is 0. The van der Waals surface area contributed by atoms with Crippen LogP contribution in [0.5, 0.6) is 0 Å². The number of alkyl halides is 1. The summed E-state index contributed by atoms with van der Waals surface area (Å²) in [5, 5.41) is 8.86. The van der Waals surface area contributed by atoms with Crippen LogP contribution in [0.1, 0.15) is 12.7 Å². The van der Waals surface area contributed by atoms with Gasteiger partial charge >= 0.3 is 0 Å². The molecule has 0 spiro atoms. The van der Waals surface area contributed by atoms with E-state index >= 15 is 0 Å². The Morgan fingerprint density at radius 2 is 1.94 bits per heavy atom. The lowest BCUT2D eigenvalue weighted by molar-refractivity contribution is 0.628. The lowest BCUT2D eigenvalue weighted by atomic mass is 10.2. The zero-order valence-corrected chi connectivity index (χ0v) is 10.4. The van der Waals surface area contributed by atoms with Crippen molar-refractivity contribution in [1.29, 1.82) is 0 Å². The lowest BCUT2D eigenvalue weighted by Crippen LogP contribution is -2.01. The van der Waals surface area contributed by atoms with Crippen LogP contribution in [-0.4, -0.2) is 14.8 Å². The van der Waals surface area contributed by atoms with Crippen molar-refractivity contribution in [1.82, 2.24) is 14.8 Å². The van der Waals surface area contributed by atoms with E-state index in [9.17, 15) is 4.39 Å². The normalized spacial score (nSPS) is 10.7. The topological polar surface area (TPSA) is 30.7 Å². The molecule has 0 fully saturated rings. The molecule has 0 saturated carbocycles. The van der Waals surface area contributed by atoms with Gasteiger partial charge in [0.2, 0.25) is 0 Å². The molecule has 0 aliphatic heterocycles. The Balaban J connectivity index is 2.47. The average molecular weight is 284 g/mol. The fourth-order valence-electron chi connectivity index (χ4n) is 1.58. The number of hydrogen-bond acceptors (Lipinski definition) is 2. The molecule has 5 heteroatoms. The second-order valence-corrected chi connectivity index (χ2v) is 3.89. The maximum atomic E-state index is 12.8. The van der Waals surface area contributed by atoms with Gasteiger partial charge in [-0.05, 0) is 31.2 Å². The van der Waals surface area contributed by atoms with Gasteiger partial charge in [-0.25, -0.2) is 4.39 Å². The summed E-state index contributed by atoms with van der Waals surface area (Å²) in [6.45, 7) is 2.82. The first-order chi connectivity index (χ1) is 7.76. The summed E-state index contributed by atoms with van der Waals surface area (Å²) < 4.78 is 14.8. The van der Waals surface area contributed by atoms with Crippen molar-refractivity contribution in [3.05, 3.63) is 35.9 Å². The molecular formula is C11H11BrFN3. The molecule has 0 saturated heterocycles. The summed E-state index contributed by atoms with van der Waals surface area (Å²) in [5.74, 6) is 1.41. The lowest BCUT2D eigenvalue weighted by Gasteiger charge is -2.05. The smallest absolute Gasteiger partial charge is 0.163 e. The van der Waals surface area contributed by atoms with Crippen molar-refractivity contribution >= 4 is 15.9 Å². The summed E-state index contributed by atoms with van der Waals surface area (Å²) in [6.07, 6.45) is 0. The molecule has 2 aromatic rings. The molecule has 0 aliphatic rings. The predicted octanol–water partition coefficient (Wildman–Crippen LogP) is 3.00. The van der Waals surface area contributed by atoms with Crippen molar-refractivity contribution in [2.24, 2.45) is 0 Å². The van der Waals surface area contributed by atoms with Gasteiger partial charge in [-0.15, -0.1) is 10.2 Å². The summed E-state index contributed by atoms with van der Waals surface area (Å²) in [6, 6.07) is 6.28.